The van der Waals surface area contributed by atoms with Gasteiger partial charge in [-0.1, -0.05) is 19.8 Å². The predicted octanol–water partition coefficient (Wildman–Crippen LogP) is 2.51. The number of rotatable bonds is 2. The second kappa shape index (κ2) is 7.36. The van der Waals surface area contributed by atoms with E-state index in [2.05, 4.69) is 23.1 Å². The molecule has 0 radical (unpaired) electrons. The van der Waals surface area contributed by atoms with Crippen molar-refractivity contribution in [1.82, 2.24) is 16.2 Å². The number of hydrogen-bond donors (Lipinski definition) is 3. The Bertz CT molecular complexity index is 506. The van der Waals surface area contributed by atoms with Gasteiger partial charge in [-0.05, 0) is 55.2 Å². The zero-order valence-electron chi connectivity index (χ0n) is 12.0. The van der Waals surface area contributed by atoms with Crippen molar-refractivity contribution in [3.05, 3.63) is 35.6 Å². The highest BCUT2D eigenvalue weighted by atomic mass is 32.1. The lowest BCUT2D eigenvalue weighted by molar-refractivity contribution is 0.0943. The number of carbonyl (C=O) groups excluding carboxylic acids is 1. The maximum Gasteiger partial charge on any atom is 0.269 e. The first-order valence-corrected chi connectivity index (χ1v) is 7.59. The van der Waals surface area contributed by atoms with Crippen LogP contribution in [-0.2, 0) is 0 Å². The molecule has 0 aromatic heterocycles. The SMILES string of the molecule is C[C@@H]1CCCC[C@@H]1NC(=S)NNC(=O)c1ccc(F)cc1. The molecular formula is C15H20FN3OS. The molecule has 4 nitrogen and oxygen atoms in total. The van der Waals surface area contributed by atoms with Crippen LogP contribution in [0.5, 0.6) is 0 Å². The van der Waals surface area contributed by atoms with Crippen LogP contribution in [0.4, 0.5) is 4.39 Å². The van der Waals surface area contributed by atoms with Gasteiger partial charge in [0.1, 0.15) is 5.82 Å². The van der Waals surface area contributed by atoms with Gasteiger partial charge in [0.25, 0.3) is 5.91 Å². The minimum absolute atomic E-state index is 0.349. The van der Waals surface area contributed by atoms with Gasteiger partial charge < -0.3 is 5.32 Å². The molecule has 1 aromatic carbocycles. The summed E-state index contributed by atoms with van der Waals surface area (Å²) in [7, 11) is 0. The summed E-state index contributed by atoms with van der Waals surface area (Å²) in [5.74, 6) is -0.148. The van der Waals surface area contributed by atoms with Crippen molar-refractivity contribution in [1.29, 1.82) is 0 Å². The second-order valence-electron chi connectivity index (χ2n) is 5.43. The van der Waals surface area contributed by atoms with Gasteiger partial charge in [-0.25, -0.2) is 4.39 Å². The van der Waals surface area contributed by atoms with E-state index < -0.39 is 0 Å². The van der Waals surface area contributed by atoms with Gasteiger partial charge in [0, 0.05) is 11.6 Å². The first-order valence-electron chi connectivity index (χ1n) is 7.18. The molecule has 0 saturated heterocycles. The summed E-state index contributed by atoms with van der Waals surface area (Å²) in [5, 5.41) is 3.64. The number of carbonyl (C=O) groups is 1. The number of hydrazine groups is 1. The Morgan fingerprint density at radius 2 is 1.86 bits per heavy atom. The summed E-state index contributed by atoms with van der Waals surface area (Å²) in [6.45, 7) is 2.20. The number of hydrogen-bond acceptors (Lipinski definition) is 2. The van der Waals surface area contributed by atoms with Crippen LogP contribution in [0.1, 0.15) is 43.0 Å². The summed E-state index contributed by atoms with van der Waals surface area (Å²) >= 11 is 5.18. The Balaban J connectivity index is 1.78. The standard InChI is InChI=1S/C15H20FN3OS/c1-10-4-2-3-5-13(10)17-15(21)19-18-14(20)11-6-8-12(16)9-7-11/h6-10,13H,2-5H2,1H3,(H,18,20)(H2,17,19,21)/t10-,13+/m1/s1. The van der Waals surface area contributed by atoms with Crippen LogP contribution >= 0.6 is 12.2 Å². The third-order valence-electron chi connectivity index (χ3n) is 3.82. The number of benzene rings is 1. The van der Waals surface area contributed by atoms with E-state index in [0.717, 1.165) is 6.42 Å². The van der Waals surface area contributed by atoms with E-state index in [9.17, 15) is 9.18 Å². The second-order valence-corrected chi connectivity index (χ2v) is 5.84. The van der Waals surface area contributed by atoms with Crippen molar-refractivity contribution in [3.8, 4) is 0 Å². The number of amides is 1. The molecule has 1 aromatic rings. The zero-order valence-corrected chi connectivity index (χ0v) is 12.8. The topological polar surface area (TPSA) is 53.2 Å². The molecule has 1 saturated carbocycles. The summed E-state index contributed by atoms with van der Waals surface area (Å²) in [5.41, 5.74) is 5.57. The third-order valence-corrected chi connectivity index (χ3v) is 4.04. The van der Waals surface area contributed by atoms with Crippen molar-refractivity contribution in [3.63, 3.8) is 0 Å². The van der Waals surface area contributed by atoms with Gasteiger partial charge in [0.15, 0.2) is 5.11 Å². The molecule has 0 spiro atoms. The minimum Gasteiger partial charge on any atom is -0.358 e. The fourth-order valence-corrected chi connectivity index (χ4v) is 2.72. The van der Waals surface area contributed by atoms with Gasteiger partial charge in [0.2, 0.25) is 0 Å². The molecule has 0 heterocycles. The van der Waals surface area contributed by atoms with Gasteiger partial charge in [0.05, 0.1) is 0 Å². The van der Waals surface area contributed by atoms with Crippen LogP contribution in [0, 0.1) is 11.7 Å². The molecule has 114 valence electrons. The van der Waals surface area contributed by atoms with Crippen molar-refractivity contribution < 1.29 is 9.18 Å². The highest BCUT2D eigenvalue weighted by Crippen LogP contribution is 2.23. The van der Waals surface area contributed by atoms with Crippen LogP contribution in [0.25, 0.3) is 0 Å². The molecule has 2 atom stereocenters. The van der Waals surface area contributed by atoms with Crippen LogP contribution in [0.3, 0.4) is 0 Å². The lowest BCUT2D eigenvalue weighted by atomic mass is 9.86. The minimum atomic E-state index is -0.372. The molecule has 3 N–H and O–H groups in total. The van der Waals surface area contributed by atoms with Gasteiger partial charge >= 0.3 is 0 Å². The number of nitrogens with one attached hydrogen (secondary N) is 3. The molecule has 0 unspecified atom stereocenters. The molecule has 1 aliphatic carbocycles. The van der Waals surface area contributed by atoms with Crippen molar-refractivity contribution in [2.45, 2.75) is 38.6 Å². The van der Waals surface area contributed by atoms with E-state index >= 15 is 0 Å². The fraction of sp³-hybridized carbons (Fsp3) is 0.467. The predicted molar refractivity (Wildman–Crippen MR) is 84.2 cm³/mol. The first kappa shape index (κ1) is 15.7. The normalized spacial score (nSPS) is 21.4. The van der Waals surface area contributed by atoms with Gasteiger partial charge in [-0.15, -0.1) is 0 Å². The molecule has 1 fully saturated rings. The van der Waals surface area contributed by atoms with Crippen LogP contribution in [0.2, 0.25) is 0 Å². The van der Waals surface area contributed by atoms with E-state index in [0.29, 0.717) is 22.6 Å². The van der Waals surface area contributed by atoms with Crippen molar-refractivity contribution in [2.75, 3.05) is 0 Å². The third kappa shape index (κ3) is 4.67. The van der Waals surface area contributed by atoms with E-state index in [1.165, 1.54) is 43.5 Å². The summed E-state index contributed by atoms with van der Waals surface area (Å²) < 4.78 is 12.8. The molecule has 1 amide bonds. The Kier molecular flexibility index (Phi) is 5.50. The molecule has 2 rings (SSSR count). The van der Waals surface area contributed by atoms with Crippen molar-refractivity contribution >= 4 is 23.2 Å². The number of thiocarbonyl (C=S) groups is 1. The van der Waals surface area contributed by atoms with Crippen LogP contribution in [0.15, 0.2) is 24.3 Å². The monoisotopic (exact) mass is 309 g/mol. The van der Waals surface area contributed by atoms with Gasteiger partial charge in [-0.2, -0.15) is 0 Å². The Hall–Kier alpha value is -1.69. The lowest BCUT2D eigenvalue weighted by Crippen LogP contribution is -2.51. The molecule has 0 aliphatic heterocycles. The molecule has 6 heteroatoms. The van der Waals surface area contributed by atoms with E-state index in [-0.39, 0.29) is 11.7 Å². The Labute approximate surface area is 129 Å². The van der Waals surface area contributed by atoms with Crippen LogP contribution < -0.4 is 16.2 Å². The molecule has 21 heavy (non-hydrogen) atoms. The average molecular weight is 309 g/mol. The maximum absolute atomic E-state index is 12.8. The van der Waals surface area contributed by atoms with Crippen molar-refractivity contribution in [2.24, 2.45) is 5.92 Å². The highest BCUT2D eigenvalue weighted by molar-refractivity contribution is 7.80. The highest BCUT2D eigenvalue weighted by Gasteiger charge is 2.21. The summed E-state index contributed by atoms with van der Waals surface area (Å²) in [6.07, 6.45) is 4.75. The smallest absolute Gasteiger partial charge is 0.269 e. The molecule has 1 aliphatic rings. The van der Waals surface area contributed by atoms with E-state index in [4.69, 9.17) is 12.2 Å². The van der Waals surface area contributed by atoms with Crippen LogP contribution in [-0.4, -0.2) is 17.1 Å². The average Bonchev–Trinajstić information content (AvgIpc) is 2.48. The largest absolute Gasteiger partial charge is 0.358 e. The van der Waals surface area contributed by atoms with Gasteiger partial charge in [-0.3, -0.25) is 15.6 Å². The summed E-state index contributed by atoms with van der Waals surface area (Å²) in [6, 6.07) is 5.68. The zero-order chi connectivity index (χ0) is 15.2. The molecular weight excluding hydrogens is 289 g/mol. The Morgan fingerprint density at radius 3 is 2.52 bits per heavy atom. The molecule has 0 bridgehead atoms. The Morgan fingerprint density at radius 1 is 1.19 bits per heavy atom. The number of halogens is 1. The lowest BCUT2D eigenvalue weighted by Gasteiger charge is -2.30. The van der Waals surface area contributed by atoms with E-state index in [1.807, 2.05) is 0 Å². The van der Waals surface area contributed by atoms with E-state index in [1.54, 1.807) is 0 Å². The quantitative estimate of drug-likeness (QED) is 0.580. The summed E-state index contributed by atoms with van der Waals surface area (Å²) in [4.78, 5) is 11.8. The fourth-order valence-electron chi connectivity index (χ4n) is 2.52. The maximum atomic E-state index is 12.8. The first-order chi connectivity index (χ1) is 10.1.